The summed E-state index contributed by atoms with van der Waals surface area (Å²) in [4.78, 5) is 6.36. The molecule has 0 aliphatic carbocycles. The molecule has 23 heavy (non-hydrogen) atoms. The summed E-state index contributed by atoms with van der Waals surface area (Å²) in [5.74, 6) is -0.0514. The van der Waals surface area contributed by atoms with Crippen molar-refractivity contribution in [3.63, 3.8) is 0 Å². The molecule has 5 heteroatoms. The maximum absolute atomic E-state index is 13.0. The molecule has 122 valence electrons. The second kappa shape index (κ2) is 7.39. The zero-order valence-corrected chi connectivity index (χ0v) is 13.6. The second-order valence-electron chi connectivity index (χ2n) is 6.10. The van der Waals surface area contributed by atoms with Gasteiger partial charge in [-0.1, -0.05) is 23.7 Å². The summed E-state index contributed by atoms with van der Waals surface area (Å²) in [6, 6.07) is 10.0. The molecule has 0 bridgehead atoms. The first-order chi connectivity index (χ1) is 11.1. The number of aromatic nitrogens is 1. The number of nitrogens with zero attached hydrogens (tertiary/aromatic N) is 2. The van der Waals surface area contributed by atoms with Gasteiger partial charge in [0.2, 0.25) is 0 Å². The van der Waals surface area contributed by atoms with E-state index in [9.17, 15) is 9.50 Å². The van der Waals surface area contributed by atoms with Gasteiger partial charge in [-0.15, -0.1) is 0 Å². The van der Waals surface area contributed by atoms with Crippen molar-refractivity contribution in [2.45, 2.75) is 25.5 Å². The molecule has 1 fully saturated rings. The molecule has 1 aliphatic heterocycles. The minimum atomic E-state index is -0.520. The molecule has 1 aromatic heterocycles. The van der Waals surface area contributed by atoms with Crippen LogP contribution in [-0.2, 0) is 6.54 Å². The average molecular weight is 335 g/mol. The Bertz CT molecular complexity index is 642. The number of pyridine rings is 1. The van der Waals surface area contributed by atoms with Gasteiger partial charge >= 0.3 is 0 Å². The summed E-state index contributed by atoms with van der Waals surface area (Å²) in [6.07, 6.45) is 3.06. The lowest BCUT2D eigenvalue weighted by molar-refractivity contribution is 0.0567. The lowest BCUT2D eigenvalue weighted by Gasteiger charge is -2.34. The van der Waals surface area contributed by atoms with Crippen LogP contribution in [0.1, 0.15) is 30.1 Å². The van der Waals surface area contributed by atoms with E-state index in [1.165, 1.54) is 12.1 Å². The Kier molecular flexibility index (Phi) is 5.26. The van der Waals surface area contributed by atoms with Gasteiger partial charge in [-0.2, -0.15) is 0 Å². The van der Waals surface area contributed by atoms with Crippen molar-refractivity contribution in [1.29, 1.82) is 0 Å². The van der Waals surface area contributed by atoms with Crippen LogP contribution in [-0.4, -0.2) is 28.1 Å². The van der Waals surface area contributed by atoms with Gasteiger partial charge in [0.1, 0.15) is 11.0 Å². The number of hydrogen-bond donors (Lipinski definition) is 1. The maximum Gasteiger partial charge on any atom is 0.129 e. The van der Waals surface area contributed by atoms with Gasteiger partial charge < -0.3 is 5.11 Å². The van der Waals surface area contributed by atoms with Gasteiger partial charge in [-0.05, 0) is 67.2 Å². The summed E-state index contributed by atoms with van der Waals surface area (Å²) in [5.41, 5.74) is 1.95. The number of piperidine rings is 1. The number of aliphatic hydroxyl groups excluding tert-OH is 1. The van der Waals surface area contributed by atoms with Gasteiger partial charge in [-0.3, -0.25) is 4.90 Å². The highest BCUT2D eigenvalue weighted by atomic mass is 35.5. The maximum atomic E-state index is 13.0. The van der Waals surface area contributed by atoms with Crippen molar-refractivity contribution >= 4 is 11.6 Å². The molecule has 3 rings (SSSR count). The fraction of sp³-hybridized carbons (Fsp3) is 0.389. The number of rotatable bonds is 4. The zero-order valence-electron chi connectivity index (χ0n) is 12.8. The third-order valence-corrected chi connectivity index (χ3v) is 4.69. The van der Waals surface area contributed by atoms with Crippen molar-refractivity contribution in [2.24, 2.45) is 5.92 Å². The predicted octanol–water partition coefficient (Wildman–Crippen LogP) is 3.82. The zero-order chi connectivity index (χ0) is 16.2. The lowest BCUT2D eigenvalue weighted by atomic mass is 9.87. The van der Waals surface area contributed by atoms with Crippen LogP contribution in [0.5, 0.6) is 0 Å². The first-order valence-corrected chi connectivity index (χ1v) is 8.26. The van der Waals surface area contributed by atoms with E-state index in [0.717, 1.165) is 43.6 Å². The van der Waals surface area contributed by atoms with Crippen molar-refractivity contribution in [3.05, 3.63) is 64.7 Å². The Morgan fingerprint density at radius 1 is 1.22 bits per heavy atom. The normalized spacial score (nSPS) is 18.0. The molecule has 1 saturated heterocycles. The van der Waals surface area contributed by atoms with Crippen molar-refractivity contribution in [3.8, 4) is 0 Å². The summed E-state index contributed by atoms with van der Waals surface area (Å²) >= 11 is 5.92. The topological polar surface area (TPSA) is 36.4 Å². The summed E-state index contributed by atoms with van der Waals surface area (Å²) in [6.45, 7) is 2.72. The summed E-state index contributed by atoms with van der Waals surface area (Å²) < 4.78 is 13.0. The fourth-order valence-corrected chi connectivity index (χ4v) is 3.35. The highest BCUT2D eigenvalue weighted by Crippen LogP contribution is 2.31. The Labute approximate surface area is 140 Å². The van der Waals surface area contributed by atoms with Crippen LogP contribution < -0.4 is 0 Å². The smallest absolute Gasteiger partial charge is 0.129 e. The quantitative estimate of drug-likeness (QED) is 0.863. The molecule has 2 heterocycles. The van der Waals surface area contributed by atoms with Crippen LogP contribution in [0.2, 0.25) is 5.15 Å². The number of aliphatic hydroxyl groups is 1. The molecular formula is C18H20ClFN2O. The minimum Gasteiger partial charge on any atom is -0.388 e. The third-order valence-electron chi connectivity index (χ3n) is 4.49. The Morgan fingerprint density at radius 3 is 2.57 bits per heavy atom. The van der Waals surface area contributed by atoms with E-state index in [1.54, 1.807) is 18.3 Å². The van der Waals surface area contributed by atoms with Crippen LogP contribution >= 0.6 is 11.6 Å². The van der Waals surface area contributed by atoms with Crippen LogP contribution in [0.4, 0.5) is 4.39 Å². The van der Waals surface area contributed by atoms with Crippen molar-refractivity contribution < 1.29 is 9.50 Å². The van der Waals surface area contributed by atoms with E-state index < -0.39 is 6.10 Å². The Balaban J connectivity index is 1.54. The largest absolute Gasteiger partial charge is 0.388 e. The van der Waals surface area contributed by atoms with E-state index in [0.29, 0.717) is 5.15 Å². The second-order valence-corrected chi connectivity index (χ2v) is 6.48. The molecule has 0 saturated carbocycles. The number of likely N-dealkylation sites (tertiary alicyclic amines) is 1. The van der Waals surface area contributed by atoms with Crippen LogP contribution in [0, 0.1) is 11.7 Å². The van der Waals surface area contributed by atoms with Crippen LogP contribution in [0.3, 0.4) is 0 Å². The molecule has 2 aromatic rings. The first kappa shape index (κ1) is 16.4. The fourth-order valence-electron chi connectivity index (χ4n) is 3.16. The first-order valence-electron chi connectivity index (χ1n) is 7.88. The summed E-state index contributed by atoms with van der Waals surface area (Å²) in [7, 11) is 0. The van der Waals surface area contributed by atoms with Gasteiger partial charge in [0.25, 0.3) is 0 Å². The average Bonchev–Trinajstić information content (AvgIpc) is 2.56. The molecule has 1 unspecified atom stereocenters. The van der Waals surface area contributed by atoms with Crippen molar-refractivity contribution in [2.75, 3.05) is 13.1 Å². The highest BCUT2D eigenvalue weighted by molar-refractivity contribution is 6.29. The van der Waals surface area contributed by atoms with E-state index in [4.69, 9.17) is 11.6 Å². The molecule has 0 spiro atoms. The standard InChI is InChI=1S/C18H20ClFN2O/c19-17-11-13(5-8-21-17)12-22-9-6-15(7-10-22)18(23)14-1-3-16(20)4-2-14/h1-5,8,11,15,18,23H,6-7,9-10,12H2. The van der Waals surface area contributed by atoms with E-state index >= 15 is 0 Å². The van der Waals surface area contributed by atoms with Gasteiger partial charge in [0, 0.05) is 12.7 Å². The van der Waals surface area contributed by atoms with Gasteiger partial charge in [0.15, 0.2) is 0 Å². The van der Waals surface area contributed by atoms with Crippen LogP contribution in [0.15, 0.2) is 42.6 Å². The molecule has 1 atom stereocenters. The SMILES string of the molecule is OC(c1ccc(F)cc1)C1CCN(Cc2ccnc(Cl)c2)CC1. The monoisotopic (exact) mass is 334 g/mol. The molecule has 1 aromatic carbocycles. The lowest BCUT2D eigenvalue weighted by Crippen LogP contribution is -2.35. The van der Waals surface area contributed by atoms with Gasteiger partial charge in [0.05, 0.1) is 6.10 Å². The van der Waals surface area contributed by atoms with E-state index in [2.05, 4.69) is 9.88 Å². The van der Waals surface area contributed by atoms with Gasteiger partial charge in [-0.25, -0.2) is 9.37 Å². The number of hydrogen-bond acceptors (Lipinski definition) is 3. The highest BCUT2D eigenvalue weighted by Gasteiger charge is 2.26. The third kappa shape index (κ3) is 4.28. The van der Waals surface area contributed by atoms with E-state index in [1.807, 2.05) is 12.1 Å². The molecule has 0 radical (unpaired) electrons. The molecule has 3 nitrogen and oxygen atoms in total. The molecule has 0 amide bonds. The predicted molar refractivity (Wildman–Crippen MR) is 88.6 cm³/mol. The summed E-state index contributed by atoms with van der Waals surface area (Å²) in [5, 5.41) is 11.0. The minimum absolute atomic E-state index is 0.220. The Morgan fingerprint density at radius 2 is 1.91 bits per heavy atom. The molecular weight excluding hydrogens is 315 g/mol. The van der Waals surface area contributed by atoms with Crippen LogP contribution in [0.25, 0.3) is 0 Å². The number of halogens is 2. The Hall–Kier alpha value is -1.49. The molecule has 1 aliphatic rings. The molecule has 1 N–H and O–H groups in total. The van der Waals surface area contributed by atoms with Crippen molar-refractivity contribution in [1.82, 2.24) is 9.88 Å². The van der Waals surface area contributed by atoms with E-state index in [-0.39, 0.29) is 11.7 Å². The number of benzene rings is 1.